The smallest absolute Gasteiger partial charge is 0.258 e. The van der Waals surface area contributed by atoms with Crippen LogP contribution < -0.4 is 15.0 Å². The van der Waals surface area contributed by atoms with Crippen LogP contribution in [0.3, 0.4) is 0 Å². The van der Waals surface area contributed by atoms with Crippen LogP contribution in [-0.2, 0) is 22.6 Å². The molecule has 1 aliphatic rings. The Morgan fingerprint density at radius 1 is 0.907 bits per heavy atom. The molecule has 4 aromatic carbocycles. The predicted octanol–water partition coefficient (Wildman–Crippen LogP) is 6.14. The number of hydrogen-bond donors (Lipinski definition) is 1. The maximum atomic E-state index is 14.1. The first-order valence-corrected chi connectivity index (χ1v) is 14.8. The highest BCUT2D eigenvalue weighted by atomic mass is 16.5. The molecule has 4 aromatic rings. The van der Waals surface area contributed by atoms with Gasteiger partial charge >= 0.3 is 0 Å². The van der Waals surface area contributed by atoms with Crippen molar-refractivity contribution < 1.29 is 19.1 Å². The molecule has 0 saturated carbocycles. The summed E-state index contributed by atoms with van der Waals surface area (Å²) in [6.07, 6.45) is 1.02. The zero-order chi connectivity index (χ0) is 30.6. The largest absolute Gasteiger partial charge is 0.497 e. The number of methoxy groups -OCH3 is 1. The molecule has 1 heterocycles. The first-order valence-electron chi connectivity index (χ1n) is 14.8. The molecule has 0 aliphatic carbocycles. The molecular formula is C36H39N3O4. The van der Waals surface area contributed by atoms with E-state index in [0.29, 0.717) is 30.7 Å². The number of carbonyl (C=O) groups excluding carboxylic acids is 3. The summed E-state index contributed by atoms with van der Waals surface area (Å²) < 4.78 is 5.43. The van der Waals surface area contributed by atoms with Gasteiger partial charge in [-0.15, -0.1) is 0 Å². The van der Waals surface area contributed by atoms with E-state index >= 15 is 0 Å². The maximum absolute atomic E-state index is 14.1. The Kier molecular flexibility index (Phi) is 8.81. The minimum atomic E-state index is -0.730. The van der Waals surface area contributed by atoms with Crippen molar-refractivity contribution in [2.24, 2.45) is 0 Å². The van der Waals surface area contributed by atoms with Gasteiger partial charge in [-0.25, -0.2) is 0 Å². The summed E-state index contributed by atoms with van der Waals surface area (Å²) in [5, 5.41) is 5.09. The number of ether oxygens (including phenoxy) is 1. The molecule has 43 heavy (non-hydrogen) atoms. The van der Waals surface area contributed by atoms with Gasteiger partial charge in [-0.3, -0.25) is 14.4 Å². The summed E-state index contributed by atoms with van der Waals surface area (Å²) >= 11 is 0. The Labute approximate surface area is 253 Å². The SMILES string of the molecule is COc1cccc(CN(C(=O)CCCN2C(=O)c3cccc4cccc2c34)[C@@H](Cc2ccccc2)C(=O)NC(C)(C)C)c1. The fourth-order valence-electron chi connectivity index (χ4n) is 5.71. The first-order chi connectivity index (χ1) is 20.6. The van der Waals surface area contributed by atoms with Crippen LogP contribution >= 0.6 is 0 Å². The van der Waals surface area contributed by atoms with E-state index in [2.05, 4.69) is 5.32 Å². The number of amides is 3. The van der Waals surface area contributed by atoms with Gasteiger partial charge < -0.3 is 19.9 Å². The molecule has 1 atom stereocenters. The number of anilines is 1. The van der Waals surface area contributed by atoms with Crippen molar-refractivity contribution in [2.75, 3.05) is 18.6 Å². The molecule has 7 nitrogen and oxygen atoms in total. The molecule has 7 heteroatoms. The Morgan fingerprint density at radius 3 is 2.33 bits per heavy atom. The standard InChI is InChI=1S/C36H39N3O4/c1-36(2,3)37-34(41)31(23-25-12-6-5-7-13-25)39(24-26-14-8-17-28(22-26)43-4)32(40)20-11-21-38-30-19-10-16-27-15-9-18-29(33(27)30)35(38)42/h5-10,12-19,22,31H,11,20-21,23-24H2,1-4H3,(H,37,41)/t31-/m0/s1. The molecule has 0 aromatic heterocycles. The topological polar surface area (TPSA) is 79.0 Å². The van der Waals surface area contributed by atoms with Crippen LogP contribution in [0, 0.1) is 0 Å². The Morgan fingerprint density at radius 2 is 1.60 bits per heavy atom. The Hall–Kier alpha value is -4.65. The van der Waals surface area contributed by atoms with Crippen LogP contribution in [0.2, 0.25) is 0 Å². The van der Waals surface area contributed by atoms with E-state index in [0.717, 1.165) is 27.6 Å². The zero-order valence-corrected chi connectivity index (χ0v) is 25.3. The average molecular weight is 578 g/mol. The monoisotopic (exact) mass is 577 g/mol. The number of benzene rings is 4. The van der Waals surface area contributed by atoms with Gasteiger partial charge in [0.05, 0.1) is 12.8 Å². The minimum Gasteiger partial charge on any atom is -0.497 e. The number of nitrogens with one attached hydrogen (secondary N) is 1. The summed E-state index contributed by atoms with van der Waals surface area (Å²) in [6.45, 7) is 6.46. The van der Waals surface area contributed by atoms with Crippen LogP contribution in [0.4, 0.5) is 5.69 Å². The molecule has 0 radical (unpaired) electrons. The third-order valence-corrected chi connectivity index (χ3v) is 7.68. The van der Waals surface area contributed by atoms with E-state index in [9.17, 15) is 14.4 Å². The van der Waals surface area contributed by atoms with Gasteiger partial charge in [-0.1, -0.05) is 66.7 Å². The Balaban J connectivity index is 1.40. The van der Waals surface area contributed by atoms with Crippen LogP contribution in [0.1, 0.15) is 55.1 Å². The summed E-state index contributed by atoms with van der Waals surface area (Å²) in [7, 11) is 1.61. The van der Waals surface area contributed by atoms with E-state index in [1.165, 1.54) is 0 Å². The fourth-order valence-corrected chi connectivity index (χ4v) is 5.71. The highest BCUT2D eigenvalue weighted by molar-refractivity contribution is 6.25. The van der Waals surface area contributed by atoms with Gasteiger partial charge in [0.2, 0.25) is 11.8 Å². The van der Waals surface area contributed by atoms with E-state index < -0.39 is 11.6 Å². The average Bonchev–Trinajstić information content (AvgIpc) is 3.26. The second-order valence-corrected chi connectivity index (χ2v) is 12.1. The summed E-state index contributed by atoms with van der Waals surface area (Å²) in [5.74, 6) is 0.295. The maximum Gasteiger partial charge on any atom is 0.258 e. The zero-order valence-electron chi connectivity index (χ0n) is 25.3. The number of hydrogen-bond acceptors (Lipinski definition) is 4. The normalized spacial score (nSPS) is 13.2. The molecule has 3 amide bonds. The molecule has 0 fully saturated rings. The van der Waals surface area contributed by atoms with E-state index in [1.54, 1.807) is 16.9 Å². The van der Waals surface area contributed by atoms with Crippen LogP contribution in [0.15, 0.2) is 91.0 Å². The van der Waals surface area contributed by atoms with E-state index in [1.807, 2.05) is 112 Å². The van der Waals surface area contributed by atoms with Crippen molar-refractivity contribution >= 4 is 34.2 Å². The number of carbonyl (C=O) groups is 3. The van der Waals surface area contributed by atoms with Gasteiger partial charge in [0.1, 0.15) is 11.8 Å². The van der Waals surface area contributed by atoms with Crippen molar-refractivity contribution in [2.45, 2.75) is 58.2 Å². The molecule has 1 N–H and O–H groups in total. The van der Waals surface area contributed by atoms with Crippen LogP contribution in [0.25, 0.3) is 10.8 Å². The molecule has 1 aliphatic heterocycles. The van der Waals surface area contributed by atoms with Crippen molar-refractivity contribution in [1.29, 1.82) is 0 Å². The lowest BCUT2D eigenvalue weighted by atomic mass is 10.00. The van der Waals surface area contributed by atoms with Crippen molar-refractivity contribution in [3.05, 3.63) is 108 Å². The third kappa shape index (κ3) is 6.88. The predicted molar refractivity (Wildman–Crippen MR) is 170 cm³/mol. The number of nitrogens with zero attached hydrogens (tertiary/aromatic N) is 2. The molecular weight excluding hydrogens is 538 g/mol. The minimum absolute atomic E-state index is 0.0426. The van der Waals surface area contributed by atoms with Crippen molar-refractivity contribution in [3.8, 4) is 5.75 Å². The van der Waals surface area contributed by atoms with Gasteiger partial charge in [0.15, 0.2) is 0 Å². The molecule has 0 unspecified atom stereocenters. The molecule has 0 bridgehead atoms. The van der Waals surface area contributed by atoms with Crippen molar-refractivity contribution in [1.82, 2.24) is 10.2 Å². The second kappa shape index (κ2) is 12.7. The highest BCUT2D eigenvalue weighted by Crippen LogP contribution is 2.37. The second-order valence-electron chi connectivity index (χ2n) is 12.1. The summed E-state index contributed by atoms with van der Waals surface area (Å²) in [5.41, 5.74) is 2.94. The lowest BCUT2D eigenvalue weighted by Crippen LogP contribution is -2.54. The Bertz CT molecular complexity index is 1620. The van der Waals surface area contributed by atoms with Crippen LogP contribution in [-0.4, -0.2) is 47.9 Å². The lowest BCUT2D eigenvalue weighted by molar-refractivity contribution is -0.142. The van der Waals surface area contributed by atoms with Crippen molar-refractivity contribution in [3.63, 3.8) is 0 Å². The first kappa shape index (κ1) is 29.8. The lowest BCUT2D eigenvalue weighted by Gasteiger charge is -2.34. The van der Waals surface area contributed by atoms with Gasteiger partial charge in [-0.05, 0) is 68.0 Å². The molecule has 0 saturated heterocycles. The molecule has 5 rings (SSSR count). The van der Waals surface area contributed by atoms with Gasteiger partial charge in [0.25, 0.3) is 5.91 Å². The third-order valence-electron chi connectivity index (χ3n) is 7.68. The summed E-state index contributed by atoms with van der Waals surface area (Å²) in [4.78, 5) is 44.6. The summed E-state index contributed by atoms with van der Waals surface area (Å²) in [6, 6.07) is 28.3. The number of rotatable bonds is 11. The van der Waals surface area contributed by atoms with Gasteiger partial charge in [-0.2, -0.15) is 0 Å². The van der Waals surface area contributed by atoms with Gasteiger partial charge in [0, 0.05) is 42.4 Å². The fraction of sp³-hybridized carbons (Fsp3) is 0.306. The molecule has 222 valence electrons. The van der Waals surface area contributed by atoms with E-state index in [4.69, 9.17) is 4.74 Å². The van der Waals surface area contributed by atoms with Crippen LogP contribution in [0.5, 0.6) is 5.75 Å². The van der Waals surface area contributed by atoms with E-state index in [-0.39, 0.29) is 30.7 Å². The molecule has 0 spiro atoms. The quantitative estimate of drug-likeness (QED) is 0.232. The highest BCUT2D eigenvalue weighted by Gasteiger charge is 2.33.